The topological polar surface area (TPSA) is 90.0 Å². The van der Waals surface area contributed by atoms with Gasteiger partial charge in [-0.1, -0.05) is 283 Å². The summed E-state index contributed by atoms with van der Waals surface area (Å²) in [6.07, 6.45) is 3.84. The van der Waals surface area contributed by atoms with Crippen molar-refractivity contribution in [3.05, 3.63) is 331 Å². The zero-order chi connectivity index (χ0) is 95.0. The van der Waals surface area contributed by atoms with E-state index in [1.807, 2.05) is 24.3 Å². The van der Waals surface area contributed by atoms with Crippen LogP contribution in [0.5, 0.6) is 46.0 Å². The third-order valence-corrected chi connectivity index (χ3v) is 29.8. The van der Waals surface area contributed by atoms with Crippen LogP contribution in [0.4, 0.5) is 51.2 Å². The minimum absolute atomic E-state index is 0.0585. The van der Waals surface area contributed by atoms with Gasteiger partial charge in [0.15, 0.2) is 0 Å². The number of benzene rings is 18. The molecule has 3 aliphatic heterocycles. The molecular formula is C124H117N3O7S2. The number of esters is 2. The van der Waals surface area contributed by atoms with E-state index in [4.69, 9.17) is 23.7 Å². The van der Waals surface area contributed by atoms with Gasteiger partial charge in [-0.2, -0.15) is 0 Å². The molecule has 0 unspecified atom stereocenters. The van der Waals surface area contributed by atoms with E-state index in [-0.39, 0.29) is 54.4 Å². The summed E-state index contributed by atoms with van der Waals surface area (Å²) in [5.41, 5.74) is 14.0. The number of hydrogen-bond donors (Lipinski definition) is 0. The molecule has 3 heterocycles. The van der Waals surface area contributed by atoms with E-state index in [2.05, 4.69) is 414 Å². The Balaban J connectivity index is 0.866. The Hall–Kier alpha value is -13.3. The molecule has 0 amide bonds. The number of nitrogens with zero attached hydrogens (tertiary/aromatic N) is 3. The van der Waals surface area contributed by atoms with Gasteiger partial charge in [0.1, 0.15) is 46.0 Å². The number of hydrogen-bond acceptors (Lipinski definition) is 12. The first-order valence-corrected chi connectivity index (χ1v) is 49.4. The number of carbonyl (C=O) groups is 2. The van der Waals surface area contributed by atoms with Crippen molar-refractivity contribution in [3.63, 3.8) is 0 Å². The number of fused-ring (bicyclic) bond motifs is 8. The molecule has 0 spiro atoms. The summed E-state index contributed by atoms with van der Waals surface area (Å²) in [5.74, 6) is 3.04. The Labute approximate surface area is 808 Å². The number of cyclic esters (lactones) is 2. The zero-order valence-corrected chi connectivity index (χ0v) is 83.3. The molecule has 21 rings (SSSR count). The SMILES string of the molecule is CC(C)(C)CC(C)(C)c1ccc(Oc2ccc3c(N(c4ccc(N5c6ccccc6Sc6ccccc65)cc4)c4ccc(N5c6ccccc6Sc6ccccc65)cc4)cc(Oc4ccc(C(C)(C)CC(C)(C)C)cc4)c4c5ccc6c7c(Oc8ccc(C(C)(C)CC(C)(C)C)cc8)cc8c9c(cc(Oc%10ccc(C(C)(C)CC(C)(C)C)cc%10)c(c%10ccc(c2c34)c5c%106)c97)C(=O)OC8=O)cc1. The van der Waals surface area contributed by atoms with Crippen LogP contribution in [0.1, 0.15) is 207 Å². The fourth-order valence-electron chi connectivity index (χ4n) is 23.5. The molecule has 0 aromatic heterocycles. The summed E-state index contributed by atoms with van der Waals surface area (Å²) in [6.45, 7) is 46.2. The first kappa shape index (κ1) is 89.3. The predicted molar refractivity (Wildman–Crippen MR) is 568 cm³/mol. The third-order valence-electron chi connectivity index (χ3n) is 27.6. The van der Waals surface area contributed by atoms with Crippen molar-refractivity contribution in [1.29, 1.82) is 0 Å². The van der Waals surface area contributed by atoms with Crippen LogP contribution < -0.4 is 33.6 Å². The van der Waals surface area contributed by atoms with Gasteiger partial charge in [0.25, 0.3) is 0 Å². The average Bonchev–Trinajstić information content (AvgIpc) is 0.671. The Kier molecular flexibility index (Phi) is 21.5. The molecule has 682 valence electrons. The molecule has 0 aliphatic carbocycles. The lowest BCUT2D eigenvalue weighted by atomic mass is 9.72. The Bertz CT molecular complexity index is 7370. The summed E-state index contributed by atoms with van der Waals surface area (Å²) >= 11 is 3.60. The molecule has 0 N–H and O–H groups in total. The van der Waals surface area contributed by atoms with Crippen molar-refractivity contribution >= 4 is 162 Å². The molecule has 10 nitrogen and oxygen atoms in total. The average molecular weight is 1830 g/mol. The van der Waals surface area contributed by atoms with Gasteiger partial charge in [-0.05, 0) is 293 Å². The highest BCUT2D eigenvalue weighted by Crippen LogP contribution is 2.61. The molecule has 3 aliphatic rings. The minimum Gasteiger partial charge on any atom is -0.457 e. The van der Waals surface area contributed by atoms with E-state index >= 15 is 0 Å². The van der Waals surface area contributed by atoms with E-state index in [0.717, 1.165) is 131 Å². The van der Waals surface area contributed by atoms with E-state index in [1.165, 1.54) is 41.8 Å². The predicted octanol–water partition coefficient (Wildman–Crippen LogP) is 37.3. The smallest absolute Gasteiger partial charge is 0.346 e. The lowest BCUT2D eigenvalue weighted by Crippen LogP contribution is -2.24. The van der Waals surface area contributed by atoms with Gasteiger partial charge in [0, 0.05) is 91.5 Å². The normalized spacial score (nSPS) is 13.9. The summed E-state index contributed by atoms with van der Waals surface area (Å²) in [6, 6.07) is 107. The Morgan fingerprint density at radius 2 is 0.537 bits per heavy atom. The van der Waals surface area contributed by atoms with Crippen molar-refractivity contribution < 1.29 is 33.3 Å². The van der Waals surface area contributed by atoms with E-state index in [1.54, 1.807) is 35.7 Å². The molecule has 0 fully saturated rings. The second-order valence-electron chi connectivity index (χ2n) is 45.3. The lowest BCUT2D eigenvalue weighted by Gasteiger charge is -2.34. The largest absolute Gasteiger partial charge is 0.457 e. The van der Waals surface area contributed by atoms with Gasteiger partial charge >= 0.3 is 11.9 Å². The minimum atomic E-state index is -0.761. The van der Waals surface area contributed by atoms with Crippen molar-refractivity contribution in [2.75, 3.05) is 14.7 Å². The van der Waals surface area contributed by atoms with Gasteiger partial charge in [-0.3, -0.25) is 0 Å². The second kappa shape index (κ2) is 32.8. The highest BCUT2D eigenvalue weighted by Gasteiger charge is 2.39. The number of anilines is 9. The van der Waals surface area contributed by atoms with E-state index in [9.17, 15) is 9.59 Å². The van der Waals surface area contributed by atoms with Crippen LogP contribution in [-0.2, 0) is 26.4 Å². The summed E-state index contributed by atoms with van der Waals surface area (Å²) in [7, 11) is 0. The molecule has 136 heavy (non-hydrogen) atoms. The molecule has 18 aromatic rings. The number of rotatable bonds is 21. The monoisotopic (exact) mass is 1820 g/mol. The number of para-hydroxylation sites is 4. The Morgan fingerprint density at radius 3 is 0.846 bits per heavy atom. The van der Waals surface area contributed by atoms with Crippen molar-refractivity contribution in [2.24, 2.45) is 21.7 Å². The quantitative estimate of drug-likeness (QED) is 0.0297. The van der Waals surface area contributed by atoms with Gasteiger partial charge in [0.2, 0.25) is 0 Å². The van der Waals surface area contributed by atoms with E-state index < -0.39 is 11.9 Å². The highest BCUT2D eigenvalue weighted by molar-refractivity contribution is 8.00. The highest BCUT2D eigenvalue weighted by atomic mass is 32.2. The molecular weight excluding hydrogens is 1710 g/mol. The van der Waals surface area contributed by atoms with Gasteiger partial charge in [-0.15, -0.1) is 0 Å². The maximum absolute atomic E-state index is 14.9. The van der Waals surface area contributed by atoms with Crippen LogP contribution in [0.25, 0.3) is 75.4 Å². The molecule has 12 heteroatoms. The first-order valence-electron chi connectivity index (χ1n) is 47.8. The van der Waals surface area contributed by atoms with Crippen LogP contribution >= 0.6 is 23.5 Å². The third kappa shape index (κ3) is 16.3. The molecule has 0 saturated heterocycles. The van der Waals surface area contributed by atoms with Crippen LogP contribution in [0.2, 0.25) is 0 Å². The van der Waals surface area contributed by atoms with Crippen LogP contribution in [-0.4, -0.2) is 11.9 Å². The maximum Gasteiger partial charge on any atom is 0.346 e. The van der Waals surface area contributed by atoms with Gasteiger partial charge < -0.3 is 38.4 Å². The van der Waals surface area contributed by atoms with E-state index in [0.29, 0.717) is 67.5 Å². The van der Waals surface area contributed by atoms with Gasteiger partial charge in [-0.25, -0.2) is 9.59 Å². The fraction of sp³-hybridized carbons (Fsp3) is 0.258. The Morgan fingerprint density at radius 1 is 0.265 bits per heavy atom. The maximum atomic E-state index is 14.9. The fourth-order valence-corrected chi connectivity index (χ4v) is 25.6. The summed E-state index contributed by atoms with van der Waals surface area (Å²) in [5, 5.41) is 11.4. The number of ether oxygens (including phenoxy) is 5. The molecule has 0 bridgehead atoms. The summed E-state index contributed by atoms with van der Waals surface area (Å²) < 4.78 is 36.5. The second-order valence-corrected chi connectivity index (χ2v) is 47.5. The molecule has 0 saturated carbocycles. The number of carbonyl (C=O) groups excluding carboxylic acids is 2. The first-order chi connectivity index (χ1) is 64.6. The summed E-state index contributed by atoms with van der Waals surface area (Å²) in [4.78, 5) is 41.8. The molecule has 0 radical (unpaired) electrons. The van der Waals surface area contributed by atoms with Crippen LogP contribution in [0, 0.1) is 21.7 Å². The molecule has 0 atom stereocenters. The van der Waals surface area contributed by atoms with Crippen LogP contribution in [0.3, 0.4) is 0 Å². The lowest BCUT2D eigenvalue weighted by molar-refractivity contribution is 0.0390. The van der Waals surface area contributed by atoms with Gasteiger partial charge in [0.05, 0.1) is 39.6 Å². The van der Waals surface area contributed by atoms with Crippen molar-refractivity contribution in [3.8, 4) is 46.0 Å². The zero-order valence-electron chi connectivity index (χ0n) is 81.6. The van der Waals surface area contributed by atoms with Crippen molar-refractivity contribution in [2.45, 2.75) is 205 Å². The van der Waals surface area contributed by atoms with Crippen molar-refractivity contribution in [1.82, 2.24) is 0 Å². The van der Waals surface area contributed by atoms with Crippen LogP contribution in [0.15, 0.2) is 317 Å². The standard InChI is InChI=1S/C124H117N3O7S2/c1-117(2,3)70-121(13,14)74-37-53-82(54-38-74)130-98-66-65-86-97(125(78-45-49-80(50-46-78)126-93-29-21-25-33-102(93)135-103-34-26-22-30-94(103)126)79-47-51-81(52-48-79)127-95-31-23-27-35-104(95)136-105-36-28-24-32-96(105)127)69-101(133-85-59-43-77(44-60-85)124(19,20)73-120(10,11)12)110-88-62-64-90-107-89(63-61-87(106(88)107)109(98)113(86)110)111-99(131-83-55-39-75(40-56-83)122(15,16)71-118(4,5)6)67-91-108-92(116(129)134-115(91)128)68-100(112(90)114(108)111)132-84-57-41-76(42-58-84)123(17,18)72-119(7,8)9/h21-69H,70-73H2,1-20H3. The molecule has 18 aromatic carbocycles.